The fraction of sp³-hybridized carbons (Fsp3) is 0. The van der Waals surface area contributed by atoms with Gasteiger partial charge in [0.2, 0.25) is 0 Å². The van der Waals surface area contributed by atoms with Gasteiger partial charge in [0.05, 0.1) is 16.7 Å². The van der Waals surface area contributed by atoms with E-state index >= 15 is 0 Å². The molecule has 0 saturated carbocycles. The minimum absolute atomic E-state index is 0.918. The van der Waals surface area contributed by atoms with E-state index in [2.05, 4.69) is 132 Å². The van der Waals surface area contributed by atoms with Crippen molar-refractivity contribution in [2.45, 2.75) is 0 Å². The van der Waals surface area contributed by atoms with Crippen molar-refractivity contribution >= 4 is 55.5 Å². The second-order valence-electron chi connectivity index (χ2n) is 8.84. The minimum atomic E-state index is 0.918. The molecule has 2 heteroatoms. The van der Waals surface area contributed by atoms with E-state index in [1.165, 1.54) is 32.3 Å². The summed E-state index contributed by atoms with van der Waals surface area (Å²) in [5.74, 6) is 0.918. The van der Waals surface area contributed by atoms with Gasteiger partial charge in [-0.15, -0.1) is 0 Å². The molecule has 0 radical (unpaired) electrons. The molecule has 0 saturated heterocycles. The molecule has 7 aromatic rings. The zero-order valence-electron chi connectivity index (χ0n) is 19.1. The van der Waals surface area contributed by atoms with Crippen molar-refractivity contribution < 1.29 is 0 Å². The Kier molecular flexibility index (Phi) is 4.49. The molecule has 164 valence electrons. The van der Waals surface area contributed by atoms with Crippen LogP contribution in [0.5, 0.6) is 0 Å². The maximum atomic E-state index is 5.27. The summed E-state index contributed by atoms with van der Waals surface area (Å²) in [5.41, 5.74) is 4.46. The van der Waals surface area contributed by atoms with Gasteiger partial charge in [-0.1, -0.05) is 121 Å². The quantitative estimate of drug-likeness (QED) is 0.248. The van der Waals surface area contributed by atoms with E-state index in [-0.39, 0.29) is 0 Å². The standard InChI is InChI=1S/C33H22N2/c1-2-11-23(12-3-1)21-22-31-34-32-28-18-8-6-16-26(28)27-17-7-9-19-29(27)33(32)35(31)30-20-10-14-24-13-4-5-15-25(24)30/h1-22H/b22-21+. The van der Waals surface area contributed by atoms with Gasteiger partial charge in [0.15, 0.2) is 0 Å². The van der Waals surface area contributed by atoms with Crippen LogP contribution in [0.15, 0.2) is 121 Å². The first-order valence-electron chi connectivity index (χ1n) is 11.9. The summed E-state index contributed by atoms with van der Waals surface area (Å²) < 4.78 is 2.34. The molecular formula is C33H22N2. The van der Waals surface area contributed by atoms with Gasteiger partial charge in [0.1, 0.15) is 5.82 Å². The predicted molar refractivity (Wildman–Crippen MR) is 149 cm³/mol. The van der Waals surface area contributed by atoms with Crippen LogP contribution < -0.4 is 0 Å². The number of fused-ring (bicyclic) bond motifs is 7. The third kappa shape index (κ3) is 3.15. The molecule has 6 aromatic carbocycles. The lowest BCUT2D eigenvalue weighted by Gasteiger charge is -2.13. The number of aromatic nitrogens is 2. The van der Waals surface area contributed by atoms with E-state index in [1.54, 1.807) is 0 Å². The molecule has 0 atom stereocenters. The molecule has 2 nitrogen and oxygen atoms in total. The number of benzene rings is 6. The Morgan fingerprint density at radius 3 is 1.89 bits per heavy atom. The second kappa shape index (κ2) is 7.96. The summed E-state index contributed by atoms with van der Waals surface area (Å²) >= 11 is 0. The normalized spacial score (nSPS) is 11.9. The van der Waals surface area contributed by atoms with E-state index < -0.39 is 0 Å². The molecule has 35 heavy (non-hydrogen) atoms. The highest BCUT2D eigenvalue weighted by Gasteiger charge is 2.18. The molecule has 0 unspecified atom stereocenters. The van der Waals surface area contributed by atoms with Gasteiger partial charge in [-0.3, -0.25) is 4.57 Å². The molecule has 0 amide bonds. The van der Waals surface area contributed by atoms with Crippen LogP contribution in [0, 0.1) is 0 Å². The van der Waals surface area contributed by atoms with Crippen LogP contribution in [0.3, 0.4) is 0 Å². The molecule has 0 fully saturated rings. The number of imidazole rings is 1. The van der Waals surface area contributed by atoms with Crippen LogP contribution in [0.25, 0.3) is 61.2 Å². The predicted octanol–water partition coefficient (Wildman–Crippen LogP) is 8.66. The third-order valence-electron chi connectivity index (χ3n) is 6.79. The molecular weight excluding hydrogens is 424 g/mol. The molecule has 0 aliphatic heterocycles. The summed E-state index contributed by atoms with van der Waals surface area (Å²) in [5, 5.41) is 7.29. The average Bonchev–Trinajstić information content (AvgIpc) is 3.32. The van der Waals surface area contributed by atoms with Gasteiger partial charge in [-0.2, -0.15) is 0 Å². The van der Waals surface area contributed by atoms with Crippen LogP contribution in [-0.4, -0.2) is 9.55 Å². The number of rotatable bonds is 3. The molecule has 1 heterocycles. The van der Waals surface area contributed by atoms with Gasteiger partial charge in [-0.05, 0) is 33.9 Å². The van der Waals surface area contributed by atoms with E-state index in [0.717, 1.165) is 28.1 Å². The van der Waals surface area contributed by atoms with Gasteiger partial charge >= 0.3 is 0 Å². The van der Waals surface area contributed by atoms with Crippen molar-refractivity contribution in [3.05, 3.63) is 133 Å². The Hall–Kier alpha value is -4.69. The largest absolute Gasteiger partial charge is 0.292 e. The van der Waals surface area contributed by atoms with Crippen LogP contribution >= 0.6 is 0 Å². The minimum Gasteiger partial charge on any atom is -0.292 e. The third-order valence-corrected chi connectivity index (χ3v) is 6.79. The maximum absolute atomic E-state index is 5.27. The Labute approximate surface area is 203 Å². The molecule has 7 rings (SSSR count). The Morgan fingerprint density at radius 1 is 0.486 bits per heavy atom. The molecule has 1 aromatic heterocycles. The van der Waals surface area contributed by atoms with Crippen LogP contribution in [0.2, 0.25) is 0 Å². The lowest BCUT2D eigenvalue weighted by Crippen LogP contribution is -1.99. The monoisotopic (exact) mass is 446 g/mol. The molecule has 0 N–H and O–H groups in total. The van der Waals surface area contributed by atoms with E-state index in [0.29, 0.717) is 0 Å². The Bertz CT molecular complexity index is 1890. The van der Waals surface area contributed by atoms with Crippen LogP contribution in [-0.2, 0) is 0 Å². The Balaban J connectivity index is 1.66. The summed E-state index contributed by atoms with van der Waals surface area (Å²) in [6.07, 6.45) is 4.29. The Morgan fingerprint density at radius 2 is 1.09 bits per heavy atom. The lowest BCUT2D eigenvalue weighted by molar-refractivity contribution is 1.08. The summed E-state index contributed by atoms with van der Waals surface area (Å²) in [7, 11) is 0. The lowest BCUT2D eigenvalue weighted by atomic mass is 9.99. The van der Waals surface area contributed by atoms with Gasteiger partial charge in [0.25, 0.3) is 0 Å². The zero-order valence-corrected chi connectivity index (χ0v) is 19.1. The number of hydrogen-bond donors (Lipinski definition) is 0. The summed E-state index contributed by atoms with van der Waals surface area (Å²) in [4.78, 5) is 5.27. The molecule has 0 aliphatic rings. The fourth-order valence-corrected chi connectivity index (χ4v) is 5.22. The number of nitrogens with zero attached hydrogens (tertiary/aromatic N) is 2. The average molecular weight is 447 g/mol. The second-order valence-corrected chi connectivity index (χ2v) is 8.84. The topological polar surface area (TPSA) is 17.8 Å². The van der Waals surface area contributed by atoms with Crippen molar-refractivity contribution in [3.63, 3.8) is 0 Å². The van der Waals surface area contributed by atoms with Gasteiger partial charge in [-0.25, -0.2) is 4.98 Å². The molecule has 0 bridgehead atoms. The highest BCUT2D eigenvalue weighted by Crippen LogP contribution is 2.38. The maximum Gasteiger partial charge on any atom is 0.138 e. The van der Waals surface area contributed by atoms with Gasteiger partial charge in [0, 0.05) is 16.2 Å². The molecule has 0 spiro atoms. The first kappa shape index (κ1) is 19.7. The first-order valence-corrected chi connectivity index (χ1v) is 11.9. The van der Waals surface area contributed by atoms with Gasteiger partial charge < -0.3 is 0 Å². The SMILES string of the molecule is C(=C\c1nc2c3ccccc3c3ccccc3c2n1-c1cccc2ccccc12)/c1ccccc1. The highest BCUT2D eigenvalue weighted by molar-refractivity contribution is 6.24. The van der Waals surface area contributed by atoms with Crippen LogP contribution in [0.4, 0.5) is 0 Å². The van der Waals surface area contributed by atoms with Crippen molar-refractivity contribution in [1.29, 1.82) is 0 Å². The van der Waals surface area contributed by atoms with Crippen molar-refractivity contribution in [2.75, 3.05) is 0 Å². The van der Waals surface area contributed by atoms with E-state index in [9.17, 15) is 0 Å². The summed E-state index contributed by atoms with van der Waals surface area (Å²) in [6, 6.07) is 42.8. The van der Waals surface area contributed by atoms with E-state index in [1.807, 2.05) is 6.07 Å². The smallest absolute Gasteiger partial charge is 0.138 e. The zero-order chi connectivity index (χ0) is 23.2. The highest BCUT2D eigenvalue weighted by atomic mass is 15.1. The fourth-order valence-electron chi connectivity index (χ4n) is 5.22. The molecule has 0 aliphatic carbocycles. The number of hydrogen-bond acceptors (Lipinski definition) is 1. The van der Waals surface area contributed by atoms with Crippen molar-refractivity contribution in [1.82, 2.24) is 9.55 Å². The first-order chi connectivity index (χ1) is 17.4. The van der Waals surface area contributed by atoms with Crippen molar-refractivity contribution in [2.24, 2.45) is 0 Å². The van der Waals surface area contributed by atoms with Crippen LogP contribution in [0.1, 0.15) is 11.4 Å². The van der Waals surface area contributed by atoms with Crippen molar-refractivity contribution in [3.8, 4) is 5.69 Å². The summed E-state index contributed by atoms with van der Waals surface area (Å²) in [6.45, 7) is 0. The van der Waals surface area contributed by atoms with E-state index in [4.69, 9.17) is 4.98 Å².